The lowest BCUT2D eigenvalue weighted by molar-refractivity contribution is 0.630. The van der Waals surface area contributed by atoms with E-state index in [0.29, 0.717) is 6.54 Å². The molecule has 0 radical (unpaired) electrons. The molecule has 0 saturated heterocycles. The monoisotopic (exact) mass is 193 g/mol. The first-order chi connectivity index (χ1) is 6.42. The molecule has 0 fully saturated rings. The van der Waals surface area contributed by atoms with Gasteiger partial charge in [-0.05, 0) is 44.9 Å². The third kappa shape index (κ3) is 3.00. The van der Waals surface area contributed by atoms with Crippen molar-refractivity contribution in [2.45, 2.75) is 39.8 Å². The first kappa shape index (κ1) is 11.0. The quantitative estimate of drug-likeness (QED) is 0.756. The van der Waals surface area contributed by atoms with Crippen LogP contribution in [0.15, 0.2) is 12.3 Å². The van der Waals surface area contributed by atoms with Gasteiger partial charge in [0.05, 0.1) is 0 Å². The van der Waals surface area contributed by atoms with Gasteiger partial charge in [0.15, 0.2) is 0 Å². The summed E-state index contributed by atoms with van der Waals surface area (Å²) >= 11 is 0. The molecular weight excluding hydrogens is 174 g/mol. The molecule has 0 aliphatic heterocycles. The van der Waals surface area contributed by atoms with E-state index in [1.54, 1.807) is 0 Å². The van der Waals surface area contributed by atoms with E-state index in [0.717, 1.165) is 11.4 Å². The summed E-state index contributed by atoms with van der Waals surface area (Å²) in [5, 5.41) is 3.32. The highest BCUT2D eigenvalue weighted by Gasteiger charge is 2.10. The van der Waals surface area contributed by atoms with E-state index in [1.165, 1.54) is 5.56 Å². The molecule has 14 heavy (non-hydrogen) atoms. The van der Waals surface area contributed by atoms with Gasteiger partial charge in [-0.15, -0.1) is 0 Å². The van der Waals surface area contributed by atoms with Gasteiger partial charge >= 0.3 is 0 Å². The van der Waals surface area contributed by atoms with Crippen LogP contribution in [0.5, 0.6) is 0 Å². The van der Waals surface area contributed by atoms with Crippen molar-refractivity contribution in [3.63, 3.8) is 0 Å². The number of aryl methyl sites for hydroxylation is 1. The minimum Gasteiger partial charge on any atom is -0.365 e. The highest BCUT2D eigenvalue weighted by atomic mass is 15.0. The third-order valence-corrected chi connectivity index (χ3v) is 1.94. The molecule has 0 atom stereocenters. The summed E-state index contributed by atoms with van der Waals surface area (Å²) < 4.78 is 0. The summed E-state index contributed by atoms with van der Waals surface area (Å²) in [5.41, 5.74) is 7.90. The zero-order valence-corrected chi connectivity index (χ0v) is 9.39. The van der Waals surface area contributed by atoms with Crippen LogP contribution in [0.3, 0.4) is 0 Å². The van der Waals surface area contributed by atoms with Crippen molar-refractivity contribution >= 4 is 5.82 Å². The van der Waals surface area contributed by atoms with E-state index in [1.807, 2.05) is 12.3 Å². The lowest BCUT2D eigenvalue weighted by atomic mass is 10.1. The number of nitrogens with zero attached hydrogens (tertiary/aromatic N) is 1. The van der Waals surface area contributed by atoms with E-state index < -0.39 is 0 Å². The van der Waals surface area contributed by atoms with E-state index in [-0.39, 0.29) is 5.54 Å². The van der Waals surface area contributed by atoms with Crippen molar-refractivity contribution in [2.75, 3.05) is 5.32 Å². The Balaban J connectivity index is 2.87. The number of rotatable bonds is 2. The average Bonchev–Trinajstić information content (AvgIpc) is 2.01. The molecule has 3 heteroatoms. The van der Waals surface area contributed by atoms with Crippen LogP contribution in [0.1, 0.15) is 31.9 Å². The van der Waals surface area contributed by atoms with Gasteiger partial charge in [0.1, 0.15) is 5.82 Å². The zero-order chi connectivity index (χ0) is 10.8. The molecule has 1 rings (SSSR count). The average molecular weight is 193 g/mol. The zero-order valence-electron chi connectivity index (χ0n) is 9.39. The molecular formula is C11H19N3. The SMILES string of the molecule is Cc1cc(NC(C)(C)C)ncc1CN. The maximum absolute atomic E-state index is 5.57. The molecule has 0 aliphatic rings. The highest BCUT2D eigenvalue weighted by Crippen LogP contribution is 2.15. The van der Waals surface area contributed by atoms with E-state index in [9.17, 15) is 0 Å². The van der Waals surface area contributed by atoms with Gasteiger partial charge in [0.2, 0.25) is 0 Å². The lowest BCUT2D eigenvalue weighted by Crippen LogP contribution is -2.26. The first-order valence-electron chi connectivity index (χ1n) is 4.86. The molecule has 1 heterocycles. The summed E-state index contributed by atoms with van der Waals surface area (Å²) in [4.78, 5) is 4.30. The van der Waals surface area contributed by atoms with Crippen molar-refractivity contribution in [3.05, 3.63) is 23.4 Å². The molecule has 0 unspecified atom stereocenters. The highest BCUT2D eigenvalue weighted by molar-refractivity contribution is 5.42. The number of hydrogen-bond acceptors (Lipinski definition) is 3. The number of nitrogens with two attached hydrogens (primary N) is 1. The van der Waals surface area contributed by atoms with Gasteiger partial charge in [-0.3, -0.25) is 0 Å². The predicted molar refractivity (Wildman–Crippen MR) is 60.2 cm³/mol. The second-order valence-corrected chi connectivity index (χ2v) is 4.58. The van der Waals surface area contributed by atoms with Crippen LogP contribution in [-0.2, 0) is 6.54 Å². The molecule has 0 aromatic carbocycles. The van der Waals surface area contributed by atoms with Crippen LogP contribution >= 0.6 is 0 Å². The Kier molecular flexibility index (Phi) is 3.11. The Morgan fingerprint density at radius 2 is 2.07 bits per heavy atom. The first-order valence-corrected chi connectivity index (χ1v) is 4.86. The van der Waals surface area contributed by atoms with Crippen molar-refractivity contribution < 1.29 is 0 Å². The molecule has 0 amide bonds. The Morgan fingerprint density at radius 1 is 1.43 bits per heavy atom. The predicted octanol–water partition coefficient (Wildman–Crippen LogP) is 2.06. The standard InChI is InChI=1S/C11H19N3/c1-8-5-10(14-11(2,3)4)13-7-9(8)6-12/h5,7H,6,12H2,1-4H3,(H,13,14). The normalized spacial score (nSPS) is 11.5. The third-order valence-electron chi connectivity index (χ3n) is 1.94. The summed E-state index contributed by atoms with van der Waals surface area (Å²) in [6, 6.07) is 2.04. The van der Waals surface area contributed by atoms with Crippen LogP contribution in [-0.4, -0.2) is 10.5 Å². The fourth-order valence-corrected chi connectivity index (χ4v) is 1.25. The molecule has 3 N–H and O–H groups in total. The summed E-state index contributed by atoms with van der Waals surface area (Å²) in [5.74, 6) is 0.909. The van der Waals surface area contributed by atoms with Crippen molar-refractivity contribution in [3.8, 4) is 0 Å². The Morgan fingerprint density at radius 3 is 2.50 bits per heavy atom. The number of pyridine rings is 1. The van der Waals surface area contributed by atoms with Gasteiger partial charge < -0.3 is 11.1 Å². The summed E-state index contributed by atoms with van der Waals surface area (Å²) in [7, 11) is 0. The van der Waals surface area contributed by atoms with Crippen LogP contribution in [0.4, 0.5) is 5.82 Å². The van der Waals surface area contributed by atoms with Crippen molar-refractivity contribution in [1.29, 1.82) is 0 Å². The van der Waals surface area contributed by atoms with Crippen LogP contribution in [0.2, 0.25) is 0 Å². The van der Waals surface area contributed by atoms with Gasteiger partial charge in [0.25, 0.3) is 0 Å². The van der Waals surface area contributed by atoms with E-state index in [4.69, 9.17) is 5.73 Å². The molecule has 78 valence electrons. The number of anilines is 1. The van der Waals surface area contributed by atoms with Gasteiger partial charge in [-0.1, -0.05) is 0 Å². The lowest BCUT2D eigenvalue weighted by Gasteiger charge is -2.21. The Labute approximate surface area is 85.7 Å². The smallest absolute Gasteiger partial charge is 0.126 e. The molecule has 0 bridgehead atoms. The fourth-order valence-electron chi connectivity index (χ4n) is 1.25. The van der Waals surface area contributed by atoms with Crippen LogP contribution < -0.4 is 11.1 Å². The minimum absolute atomic E-state index is 0.0453. The van der Waals surface area contributed by atoms with Crippen LogP contribution in [0.25, 0.3) is 0 Å². The fraction of sp³-hybridized carbons (Fsp3) is 0.545. The van der Waals surface area contributed by atoms with Crippen LogP contribution in [0, 0.1) is 6.92 Å². The van der Waals surface area contributed by atoms with Crippen molar-refractivity contribution in [1.82, 2.24) is 4.98 Å². The van der Waals surface area contributed by atoms with Gasteiger partial charge in [-0.25, -0.2) is 4.98 Å². The van der Waals surface area contributed by atoms with Gasteiger partial charge in [-0.2, -0.15) is 0 Å². The topological polar surface area (TPSA) is 50.9 Å². The molecule has 3 nitrogen and oxygen atoms in total. The second-order valence-electron chi connectivity index (χ2n) is 4.58. The second kappa shape index (κ2) is 3.96. The molecule has 0 spiro atoms. The van der Waals surface area contributed by atoms with Gasteiger partial charge in [0, 0.05) is 18.3 Å². The molecule has 1 aromatic heterocycles. The summed E-state index contributed by atoms with van der Waals surface area (Å²) in [6.07, 6.45) is 1.84. The molecule has 0 saturated carbocycles. The number of nitrogens with one attached hydrogen (secondary N) is 1. The number of aromatic nitrogens is 1. The van der Waals surface area contributed by atoms with E-state index >= 15 is 0 Å². The van der Waals surface area contributed by atoms with E-state index in [2.05, 4.69) is 38.0 Å². The maximum Gasteiger partial charge on any atom is 0.126 e. The summed E-state index contributed by atoms with van der Waals surface area (Å²) in [6.45, 7) is 8.94. The number of hydrogen-bond donors (Lipinski definition) is 2. The maximum atomic E-state index is 5.57. The largest absolute Gasteiger partial charge is 0.365 e. The molecule has 1 aromatic rings. The Hall–Kier alpha value is -1.09. The van der Waals surface area contributed by atoms with Crippen molar-refractivity contribution in [2.24, 2.45) is 5.73 Å². The minimum atomic E-state index is 0.0453. The Bertz CT molecular complexity index is 313. The molecule has 0 aliphatic carbocycles.